The smallest absolute Gasteiger partial charge is 0.354 e. The summed E-state index contributed by atoms with van der Waals surface area (Å²) in [6.07, 6.45) is 2.65. The summed E-state index contributed by atoms with van der Waals surface area (Å²) in [4.78, 5) is 30.7. The molecule has 0 fully saturated rings. The second-order valence-corrected chi connectivity index (χ2v) is 5.55. The molecule has 0 saturated heterocycles. The van der Waals surface area contributed by atoms with Crippen molar-refractivity contribution >= 4 is 23.2 Å². The van der Waals surface area contributed by atoms with Crippen molar-refractivity contribution in [3.8, 4) is 0 Å². The normalized spacial score (nSPS) is 10.3. The second-order valence-electron chi connectivity index (χ2n) is 5.55. The number of carbonyl (C=O) groups excluding carboxylic acids is 1. The van der Waals surface area contributed by atoms with Crippen LogP contribution >= 0.6 is 0 Å². The van der Waals surface area contributed by atoms with Gasteiger partial charge in [0.15, 0.2) is 0 Å². The fourth-order valence-electron chi connectivity index (χ4n) is 2.25. The Morgan fingerprint density at radius 2 is 1.93 bits per heavy atom. The van der Waals surface area contributed by atoms with Crippen LogP contribution in [0.15, 0.2) is 53.4 Å². The highest BCUT2D eigenvalue weighted by atomic mass is 16.6. The Labute approximate surface area is 153 Å². The summed E-state index contributed by atoms with van der Waals surface area (Å²) in [5.41, 5.74) is 5.90. The third-order valence-electron chi connectivity index (χ3n) is 3.62. The third kappa shape index (κ3) is 4.37. The molecule has 2 heterocycles. The molecule has 10 heteroatoms. The van der Waals surface area contributed by atoms with Gasteiger partial charge >= 0.3 is 5.69 Å². The number of nitrogens with one attached hydrogen (secondary N) is 3. The molecule has 27 heavy (non-hydrogen) atoms. The van der Waals surface area contributed by atoms with Gasteiger partial charge in [-0.15, -0.1) is 0 Å². The number of benzene rings is 1. The number of amides is 1. The standard InChI is InChI=1S/C17H16N6O4/c1-11-4-6-12(7-5-11)17(24)22-21-16-14(23(25)26)15(19-10-20-16)18-9-13-3-2-8-27-13/h2-8,10H,9H2,1H3,(H,22,24)(H2,18,19,20,21). The SMILES string of the molecule is Cc1ccc(C(=O)NNc2ncnc(NCc3ccco3)c2[N+](=O)[O-])cc1. The molecule has 3 N–H and O–H groups in total. The first-order chi connectivity index (χ1) is 13.0. The fourth-order valence-corrected chi connectivity index (χ4v) is 2.25. The van der Waals surface area contributed by atoms with Crippen LogP contribution in [0.2, 0.25) is 0 Å². The van der Waals surface area contributed by atoms with Crippen LogP contribution in [0.1, 0.15) is 21.7 Å². The minimum atomic E-state index is -0.634. The molecule has 0 saturated carbocycles. The number of nitro groups is 1. The van der Waals surface area contributed by atoms with Crippen LogP contribution in [0.25, 0.3) is 0 Å². The molecular formula is C17H16N6O4. The molecule has 0 radical (unpaired) electrons. The predicted octanol–water partition coefficient (Wildman–Crippen LogP) is 2.66. The Morgan fingerprint density at radius 1 is 1.19 bits per heavy atom. The molecule has 0 aliphatic rings. The van der Waals surface area contributed by atoms with E-state index in [4.69, 9.17) is 4.42 Å². The number of hydrogen-bond donors (Lipinski definition) is 3. The van der Waals surface area contributed by atoms with Crippen LogP contribution in [-0.4, -0.2) is 20.8 Å². The summed E-state index contributed by atoms with van der Waals surface area (Å²) in [6.45, 7) is 2.11. The van der Waals surface area contributed by atoms with Gasteiger partial charge in [0.2, 0.25) is 11.6 Å². The summed E-state index contributed by atoms with van der Waals surface area (Å²) >= 11 is 0. The van der Waals surface area contributed by atoms with Gasteiger partial charge in [-0.25, -0.2) is 9.97 Å². The number of aromatic nitrogens is 2. The van der Waals surface area contributed by atoms with Crippen molar-refractivity contribution in [1.82, 2.24) is 15.4 Å². The van der Waals surface area contributed by atoms with Gasteiger partial charge in [0.05, 0.1) is 17.7 Å². The van der Waals surface area contributed by atoms with Crippen LogP contribution in [0.3, 0.4) is 0 Å². The molecule has 138 valence electrons. The van der Waals surface area contributed by atoms with E-state index in [0.717, 1.165) is 11.9 Å². The number of aryl methyl sites for hydroxylation is 1. The zero-order valence-electron chi connectivity index (χ0n) is 14.3. The van der Waals surface area contributed by atoms with Crippen LogP contribution in [0, 0.1) is 17.0 Å². The van der Waals surface area contributed by atoms with Crippen LogP contribution in [-0.2, 0) is 6.54 Å². The van der Waals surface area contributed by atoms with Gasteiger partial charge in [0.25, 0.3) is 5.91 Å². The van der Waals surface area contributed by atoms with E-state index in [1.165, 1.54) is 6.26 Å². The molecule has 0 bridgehead atoms. The monoisotopic (exact) mass is 368 g/mol. The van der Waals surface area contributed by atoms with E-state index in [9.17, 15) is 14.9 Å². The maximum atomic E-state index is 12.2. The lowest BCUT2D eigenvalue weighted by atomic mass is 10.1. The summed E-state index contributed by atoms with van der Waals surface area (Å²) in [6, 6.07) is 10.3. The lowest BCUT2D eigenvalue weighted by Crippen LogP contribution is -2.30. The lowest BCUT2D eigenvalue weighted by molar-refractivity contribution is -0.383. The van der Waals surface area contributed by atoms with Gasteiger partial charge < -0.3 is 9.73 Å². The van der Waals surface area contributed by atoms with Crippen molar-refractivity contribution in [2.24, 2.45) is 0 Å². The number of hydrogen-bond acceptors (Lipinski definition) is 8. The number of rotatable bonds is 7. The molecule has 0 aliphatic carbocycles. The van der Waals surface area contributed by atoms with Crippen molar-refractivity contribution in [2.45, 2.75) is 13.5 Å². The highest BCUT2D eigenvalue weighted by molar-refractivity contribution is 5.95. The Kier molecular flexibility index (Phi) is 5.26. The van der Waals surface area contributed by atoms with Crippen LogP contribution < -0.4 is 16.2 Å². The zero-order chi connectivity index (χ0) is 19.2. The van der Waals surface area contributed by atoms with E-state index in [-0.39, 0.29) is 18.2 Å². The largest absolute Gasteiger partial charge is 0.467 e. The lowest BCUT2D eigenvalue weighted by Gasteiger charge is -2.10. The summed E-state index contributed by atoms with van der Waals surface area (Å²) in [5, 5.41) is 14.3. The van der Waals surface area contributed by atoms with Crippen molar-refractivity contribution in [1.29, 1.82) is 0 Å². The van der Waals surface area contributed by atoms with Gasteiger partial charge in [0.1, 0.15) is 12.1 Å². The van der Waals surface area contributed by atoms with E-state index in [2.05, 4.69) is 26.1 Å². The van der Waals surface area contributed by atoms with Gasteiger partial charge in [-0.1, -0.05) is 17.7 Å². The first-order valence-electron chi connectivity index (χ1n) is 7.93. The van der Waals surface area contributed by atoms with Crippen LogP contribution in [0.5, 0.6) is 0 Å². The maximum Gasteiger partial charge on any atom is 0.354 e. The maximum absolute atomic E-state index is 12.2. The first kappa shape index (κ1) is 17.9. The topological polar surface area (TPSA) is 135 Å². The fraction of sp³-hybridized carbons (Fsp3) is 0.118. The molecule has 3 aromatic rings. The quantitative estimate of drug-likeness (QED) is 0.428. The van der Waals surface area contributed by atoms with Gasteiger partial charge in [-0.05, 0) is 31.2 Å². The predicted molar refractivity (Wildman–Crippen MR) is 97.0 cm³/mol. The average molecular weight is 368 g/mol. The van der Waals surface area contributed by atoms with E-state index < -0.39 is 16.5 Å². The van der Waals surface area contributed by atoms with Gasteiger partial charge in [-0.3, -0.25) is 25.8 Å². The van der Waals surface area contributed by atoms with Gasteiger partial charge in [0, 0.05) is 5.56 Å². The molecule has 1 aromatic carbocycles. The summed E-state index contributed by atoms with van der Waals surface area (Å²) in [5.74, 6) is -0.00557. The molecule has 1 amide bonds. The first-order valence-corrected chi connectivity index (χ1v) is 7.93. The minimum absolute atomic E-state index is 0.00140. The van der Waals surface area contributed by atoms with E-state index in [1.54, 1.807) is 36.4 Å². The van der Waals surface area contributed by atoms with Crippen molar-refractivity contribution in [2.75, 3.05) is 10.7 Å². The van der Waals surface area contributed by atoms with Crippen molar-refractivity contribution < 1.29 is 14.1 Å². The molecule has 0 aliphatic heterocycles. The second kappa shape index (κ2) is 7.95. The number of carbonyl (C=O) groups is 1. The minimum Gasteiger partial charge on any atom is -0.467 e. The van der Waals surface area contributed by atoms with E-state index >= 15 is 0 Å². The Hall–Kier alpha value is -3.95. The number of nitrogens with zero attached hydrogens (tertiary/aromatic N) is 3. The molecule has 10 nitrogen and oxygen atoms in total. The zero-order valence-corrected chi connectivity index (χ0v) is 14.3. The number of hydrazine groups is 1. The van der Waals surface area contributed by atoms with Crippen LogP contribution in [0.4, 0.5) is 17.3 Å². The van der Waals surface area contributed by atoms with Gasteiger partial charge in [-0.2, -0.15) is 0 Å². The Bertz CT molecular complexity index is 941. The molecule has 0 atom stereocenters. The highest BCUT2D eigenvalue weighted by Crippen LogP contribution is 2.28. The average Bonchev–Trinajstić information content (AvgIpc) is 3.18. The Balaban J connectivity index is 1.74. The van der Waals surface area contributed by atoms with Crippen molar-refractivity contribution in [3.63, 3.8) is 0 Å². The molecule has 2 aromatic heterocycles. The third-order valence-corrected chi connectivity index (χ3v) is 3.62. The Morgan fingerprint density at radius 3 is 2.59 bits per heavy atom. The molecule has 0 unspecified atom stereocenters. The van der Waals surface area contributed by atoms with E-state index in [1.807, 2.05) is 6.92 Å². The highest BCUT2D eigenvalue weighted by Gasteiger charge is 2.23. The number of anilines is 2. The molecular weight excluding hydrogens is 352 g/mol. The van der Waals surface area contributed by atoms with Crippen molar-refractivity contribution in [3.05, 3.63) is 76.0 Å². The molecule has 3 rings (SSSR count). The van der Waals surface area contributed by atoms with E-state index in [0.29, 0.717) is 11.3 Å². The molecule has 0 spiro atoms. The summed E-state index contributed by atoms with van der Waals surface area (Å²) in [7, 11) is 0. The number of furan rings is 1. The summed E-state index contributed by atoms with van der Waals surface area (Å²) < 4.78 is 5.17.